The standard InChI is InChI=1S/C19H17Cl2F2NO3.C5H6F3NO/c20-12-7-14(18(15(21)8-12)27-9-17(22)23)11-4-5-13-10(6-11)2-1-3-16(13)24-19(25)26;6-5(7,8)4(10)9-3-1-2-3/h4-8,16-17,24H,1-3,9H2,(H,25,26);3H,1-2H2,(H,9,10). The highest BCUT2D eigenvalue weighted by molar-refractivity contribution is 6.36. The minimum absolute atomic E-state index is 0.150. The number of alkyl halides is 5. The van der Waals surface area contributed by atoms with Crippen LogP contribution in [0.3, 0.4) is 0 Å². The monoisotopic (exact) mass is 568 g/mol. The largest absolute Gasteiger partial charge is 0.485 e. The first-order valence-corrected chi connectivity index (χ1v) is 12.0. The number of fused-ring (bicyclic) bond motifs is 1. The SMILES string of the molecule is O=C(NC1CC1)C(F)(F)F.O=C(O)NC1CCCc2cc(-c3cc(Cl)cc(Cl)c3OCC(F)F)ccc21. The number of rotatable bonds is 6. The molecule has 2 aliphatic rings. The van der Waals surface area contributed by atoms with Crippen molar-refractivity contribution < 1.29 is 41.4 Å². The van der Waals surface area contributed by atoms with Crippen LogP contribution < -0.4 is 15.4 Å². The third-order valence-electron chi connectivity index (χ3n) is 5.60. The molecule has 37 heavy (non-hydrogen) atoms. The van der Waals surface area contributed by atoms with Gasteiger partial charge in [-0.05, 0) is 60.9 Å². The summed E-state index contributed by atoms with van der Waals surface area (Å²) in [6.45, 7) is -0.774. The molecule has 2 aromatic rings. The number of aryl methyl sites for hydroxylation is 1. The van der Waals surface area contributed by atoms with Gasteiger partial charge in [0.05, 0.1) is 11.1 Å². The Hall–Kier alpha value is -2.79. The van der Waals surface area contributed by atoms with Gasteiger partial charge in [0.15, 0.2) is 0 Å². The van der Waals surface area contributed by atoms with E-state index in [0.717, 1.165) is 36.0 Å². The molecule has 4 rings (SSSR count). The Balaban J connectivity index is 0.000000319. The highest BCUT2D eigenvalue weighted by Crippen LogP contribution is 2.41. The highest BCUT2D eigenvalue weighted by atomic mass is 35.5. The molecule has 1 fully saturated rings. The van der Waals surface area contributed by atoms with Crippen molar-refractivity contribution in [3.05, 3.63) is 51.5 Å². The van der Waals surface area contributed by atoms with Gasteiger partial charge in [-0.3, -0.25) is 4.79 Å². The number of hydrogen-bond acceptors (Lipinski definition) is 3. The van der Waals surface area contributed by atoms with E-state index in [9.17, 15) is 31.5 Å². The van der Waals surface area contributed by atoms with Gasteiger partial charge in [-0.25, -0.2) is 13.6 Å². The zero-order valence-electron chi connectivity index (χ0n) is 19.2. The Kier molecular flexibility index (Phi) is 9.46. The minimum Gasteiger partial charge on any atom is -0.485 e. The lowest BCUT2D eigenvalue weighted by Crippen LogP contribution is -2.37. The maximum atomic E-state index is 12.6. The van der Waals surface area contributed by atoms with Crippen molar-refractivity contribution in [3.63, 3.8) is 0 Å². The molecule has 202 valence electrons. The second-order valence-electron chi connectivity index (χ2n) is 8.52. The molecule has 3 N–H and O–H groups in total. The van der Waals surface area contributed by atoms with Crippen LogP contribution in [0.25, 0.3) is 11.1 Å². The van der Waals surface area contributed by atoms with Crippen molar-refractivity contribution in [1.29, 1.82) is 0 Å². The van der Waals surface area contributed by atoms with E-state index in [4.69, 9.17) is 33.0 Å². The predicted molar refractivity (Wildman–Crippen MR) is 127 cm³/mol. The Labute approximate surface area is 219 Å². The van der Waals surface area contributed by atoms with Gasteiger partial charge >= 0.3 is 18.2 Å². The maximum Gasteiger partial charge on any atom is 0.471 e. The summed E-state index contributed by atoms with van der Waals surface area (Å²) in [5.41, 5.74) is 3.15. The van der Waals surface area contributed by atoms with E-state index < -0.39 is 31.2 Å². The van der Waals surface area contributed by atoms with Crippen LogP contribution >= 0.6 is 23.2 Å². The van der Waals surface area contributed by atoms with E-state index in [0.29, 0.717) is 23.4 Å². The Morgan fingerprint density at radius 1 is 1.08 bits per heavy atom. The summed E-state index contributed by atoms with van der Waals surface area (Å²) in [6.07, 6.45) is -4.72. The molecule has 2 aromatic carbocycles. The minimum atomic E-state index is -4.72. The summed E-state index contributed by atoms with van der Waals surface area (Å²) in [4.78, 5) is 21.1. The number of nitrogens with one attached hydrogen (secondary N) is 2. The van der Waals surface area contributed by atoms with E-state index in [1.807, 2.05) is 17.4 Å². The molecule has 1 saturated carbocycles. The number of halogens is 7. The number of amides is 2. The Morgan fingerprint density at radius 3 is 2.38 bits per heavy atom. The van der Waals surface area contributed by atoms with Crippen LogP contribution in [-0.4, -0.2) is 42.4 Å². The lowest BCUT2D eigenvalue weighted by molar-refractivity contribution is -0.173. The van der Waals surface area contributed by atoms with Crippen LogP contribution in [0, 0.1) is 0 Å². The van der Waals surface area contributed by atoms with Crippen LogP contribution in [0.4, 0.5) is 26.7 Å². The molecule has 2 aliphatic carbocycles. The van der Waals surface area contributed by atoms with Gasteiger partial charge in [0.25, 0.3) is 6.43 Å². The summed E-state index contributed by atoms with van der Waals surface area (Å²) in [5, 5.41) is 13.9. The summed E-state index contributed by atoms with van der Waals surface area (Å²) < 4.78 is 64.7. The fourth-order valence-corrected chi connectivity index (χ4v) is 4.39. The molecular formula is C24H23Cl2F5N2O4. The number of carboxylic acid groups (broad SMARTS) is 1. The van der Waals surface area contributed by atoms with Gasteiger partial charge in [-0.15, -0.1) is 0 Å². The molecular weight excluding hydrogens is 546 g/mol. The van der Waals surface area contributed by atoms with E-state index in [1.165, 1.54) is 6.07 Å². The Morgan fingerprint density at radius 2 is 1.78 bits per heavy atom. The first kappa shape index (κ1) is 28.8. The molecule has 0 bridgehead atoms. The van der Waals surface area contributed by atoms with Gasteiger partial charge in [-0.2, -0.15) is 13.2 Å². The number of carbonyl (C=O) groups is 2. The third-order valence-corrected chi connectivity index (χ3v) is 6.10. The molecule has 0 aliphatic heterocycles. The van der Waals surface area contributed by atoms with Crippen LogP contribution in [-0.2, 0) is 11.2 Å². The van der Waals surface area contributed by atoms with Crippen LogP contribution in [0.5, 0.6) is 5.75 Å². The fourth-order valence-electron chi connectivity index (χ4n) is 3.84. The average Bonchev–Trinajstić information content (AvgIpc) is 3.61. The van der Waals surface area contributed by atoms with Crippen molar-refractivity contribution in [3.8, 4) is 16.9 Å². The third kappa shape index (κ3) is 8.36. The highest BCUT2D eigenvalue weighted by Gasteiger charge is 2.41. The van der Waals surface area contributed by atoms with Gasteiger partial charge in [0, 0.05) is 16.6 Å². The van der Waals surface area contributed by atoms with Crippen LogP contribution in [0.2, 0.25) is 10.0 Å². The summed E-state index contributed by atoms with van der Waals surface area (Å²) in [7, 11) is 0. The number of ether oxygens (including phenoxy) is 1. The molecule has 0 saturated heterocycles. The maximum absolute atomic E-state index is 12.6. The van der Waals surface area contributed by atoms with Gasteiger partial charge in [-0.1, -0.05) is 41.4 Å². The topological polar surface area (TPSA) is 87.7 Å². The normalized spacial score (nSPS) is 16.8. The molecule has 0 aromatic heterocycles. The summed E-state index contributed by atoms with van der Waals surface area (Å²) in [6, 6.07) is 8.10. The summed E-state index contributed by atoms with van der Waals surface area (Å²) in [5.74, 6) is -1.67. The quantitative estimate of drug-likeness (QED) is 0.335. The molecule has 1 atom stereocenters. The first-order chi connectivity index (χ1) is 17.3. The zero-order valence-corrected chi connectivity index (χ0v) is 20.7. The molecule has 0 radical (unpaired) electrons. The lowest BCUT2D eigenvalue weighted by Gasteiger charge is -2.26. The predicted octanol–water partition coefficient (Wildman–Crippen LogP) is 6.78. The van der Waals surface area contributed by atoms with Gasteiger partial charge in [0.1, 0.15) is 12.4 Å². The fraction of sp³-hybridized carbons (Fsp3) is 0.417. The number of benzene rings is 2. The second-order valence-corrected chi connectivity index (χ2v) is 9.36. The van der Waals surface area contributed by atoms with Crippen molar-refractivity contribution in [2.45, 2.75) is 56.8 Å². The average molecular weight is 569 g/mol. The molecule has 0 heterocycles. The van der Waals surface area contributed by atoms with E-state index in [2.05, 4.69) is 5.32 Å². The second kappa shape index (κ2) is 12.2. The van der Waals surface area contributed by atoms with E-state index in [-0.39, 0.29) is 22.9 Å². The number of carbonyl (C=O) groups excluding carboxylic acids is 1. The molecule has 0 spiro atoms. The van der Waals surface area contributed by atoms with Crippen molar-refractivity contribution >= 4 is 35.2 Å². The molecule has 13 heteroatoms. The molecule has 2 amide bonds. The molecule has 6 nitrogen and oxygen atoms in total. The number of hydrogen-bond donors (Lipinski definition) is 3. The van der Waals surface area contributed by atoms with Crippen molar-refractivity contribution in [2.24, 2.45) is 0 Å². The lowest BCUT2D eigenvalue weighted by atomic mass is 9.85. The van der Waals surface area contributed by atoms with Crippen molar-refractivity contribution in [2.75, 3.05) is 6.61 Å². The summed E-state index contributed by atoms with van der Waals surface area (Å²) >= 11 is 12.3. The van der Waals surface area contributed by atoms with E-state index >= 15 is 0 Å². The van der Waals surface area contributed by atoms with Crippen LogP contribution in [0.15, 0.2) is 30.3 Å². The van der Waals surface area contributed by atoms with Crippen LogP contribution in [0.1, 0.15) is 42.9 Å². The van der Waals surface area contributed by atoms with Gasteiger partial charge < -0.3 is 20.5 Å². The zero-order chi connectivity index (χ0) is 27.3. The smallest absolute Gasteiger partial charge is 0.471 e. The Bertz CT molecular complexity index is 1140. The first-order valence-electron chi connectivity index (χ1n) is 11.3. The van der Waals surface area contributed by atoms with Gasteiger partial charge in [0.2, 0.25) is 0 Å². The van der Waals surface area contributed by atoms with Crippen molar-refractivity contribution in [1.82, 2.24) is 10.6 Å². The molecule has 1 unspecified atom stereocenters. The van der Waals surface area contributed by atoms with E-state index in [1.54, 1.807) is 12.1 Å².